The Morgan fingerprint density at radius 1 is 1.35 bits per heavy atom. The van der Waals surface area contributed by atoms with Crippen LogP contribution in [0.1, 0.15) is 39.8 Å². The highest BCUT2D eigenvalue weighted by Crippen LogP contribution is 2.34. The van der Waals surface area contributed by atoms with Gasteiger partial charge in [0.2, 0.25) is 0 Å². The van der Waals surface area contributed by atoms with E-state index in [1.165, 1.54) is 4.70 Å². The fourth-order valence-electron chi connectivity index (χ4n) is 3.48. The highest BCUT2D eigenvalue weighted by Gasteiger charge is 2.29. The van der Waals surface area contributed by atoms with Gasteiger partial charge < -0.3 is 9.64 Å². The number of pyridine rings is 1. The molecule has 1 aromatic carbocycles. The van der Waals surface area contributed by atoms with E-state index in [2.05, 4.69) is 11.1 Å². The van der Waals surface area contributed by atoms with Crippen LogP contribution in [0.5, 0.6) is 5.75 Å². The molecule has 0 N–H and O–H groups in total. The summed E-state index contributed by atoms with van der Waals surface area (Å²) < 4.78 is 6.55. The molecule has 4 rings (SSSR count). The maximum absolute atomic E-state index is 13.1. The third kappa shape index (κ3) is 3.17. The van der Waals surface area contributed by atoms with Gasteiger partial charge in [-0.1, -0.05) is 12.1 Å². The number of benzene rings is 1. The van der Waals surface area contributed by atoms with E-state index in [-0.39, 0.29) is 5.91 Å². The zero-order chi connectivity index (χ0) is 18.1. The van der Waals surface area contributed by atoms with Gasteiger partial charge in [-0.2, -0.15) is 0 Å². The van der Waals surface area contributed by atoms with Gasteiger partial charge in [0.05, 0.1) is 34.1 Å². The molecule has 2 aromatic heterocycles. The number of nitrogens with zero attached hydrogens (tertiary/aromatic N) is 3. The van der Waals surface area contributed by atoms with E-state index in [9.17, 15) is 4.79 Å². The second kappa shape index (κ2) is 7.03. The SMILES string of the molecule is COc1cnc(C)cc1C(=O)N1CCCC(c2nc3ccccc3s2)C1. The van der Waals surface area contributed by atoms with Crippen LogP contribution in [0.4, 0.5) is 0 Å². The summed E-state index contributed by atoms with van der Waals surface area (Å²) in [5.74, 6) is 0.833. The van der Waals surface area contributed by atoms with Crippen LogP contribution in [-0.4, -0.2) is 41.0 Å². The lowest BCUT2D eigenvalue weighted by Crippen LogP contribution is -2.39. The van der Waals surface area contributed by atoms with Crippen molar-refractivity contribution in [2.45, 2.75) is 25.7 Å². The molecule has 3 aromatic rings. The third-order valence-electron chi connectivity index (χ3n) is 4.82. The lowest BCUT2D eigenvalue weighted by atomic mass is 9.98. The molecule has 0 bridgehead atoms. The highest BCUT2D eigenvalue weighted by atomic mass is 32.1. The predicted octanol–water partition coefficient (Wildman–Crippen LogP) is 4.03. The molecule has 1 atom stereocenters. The zero-order valence-corrected chi connectivity index (χ0v) is 15.8. The minimum atomic E-state index is 0.0122. The van der Waals surface area contributed by atoms with Crippen LogP contribution in [0.3, 0.4) is 0 Å². The lowest BCUT2D eigenvalue weighted by Gasteiger charge is -2.32. The number of para-hydroxylation sites is 1. The van der Waals surface area contributed by atoms with E-state index in [4.69, 9.17) is 9.72 Å². The van der Waals surface area contributed by atoms with E-state index in [0.29, 0.717) is 23.8 Å². The summed E-state index contributed by atoms with van der Waals surface area (Å²) in [6.07, 6.45) is 3.67. The molecule has 1 fully saturated rings. The summed E-state index contributed by atoms with van der Waals surface area (Å²) >= 11 is 1.74. The normalized spacial score (nSPS) is 17.5. The first-order chi connectivity index (χ1) is 12.7. The van der Waals surface area contributed by atoms with Crippen molar-refractivity contribution >= 4 is 27.5 Å². The predicted molar refractivity (Wildman–Crippen MR) is 103 cm³/mol. The molecule has 5 nitrogen and oxygen atoms in total. The number of aromatic nitrogens is 2. The molecule has 3 heterocycles. The minimum absolute atomic E-state index is 0.0122. The number of hydrogen-bond donors (Lipinski definition) is 0. The summed E-state index contributed by atoms with van der Waals surface area (Å²) in [6.45, 7) is 3.35. The van der Waals surface area contributed by atoms with Crippen molar-refractivity contribution in [2.75, 3.05) is 20.2 Å². The first-order valence-electron chi connectivity index (χ1n) is 8.81. The van der Waals surface area contributed by atoms with Crippen molar-refractivity contribution in [3.63, 3.8) is 0 Å². The number of carbonyl (C=O) groups excluding carboxylic acids is 1. The number of rotatable bonds is 3. The zero-order valence-electron chi connectivity index (χ0n) is 14.9. The Labute approximate surface area is 156 Å². The molecule has 1 aliphatic rings. The van der Waals surface area contributed by atoms with Crippen molar-refractivity contribution < 1.29 is 9.53 Å². The number of carbonyl (C=O) groups is 1. The van der Waals surface area contributed by atoms with E-state index in [1.54, 1.807) is 24.6 Å². The topological polar surface area (TPSA) is 55.3 Å². The van der Waals surface area contributed by atoms with Crippen LogP contribution in [0, 0.1) is 6.92 Å². The van der Waals surface area contributed by atoms with Gasteiger partial charge in [0.25, 0.3) is 5.91 Å². The summed E-state index contributed by atoms with van der Waals surface area (Å²) in [4.78, 5) is 24.0. The Hall–Kier alpha value is -2.47. The van der Waals surface area contributed by atoms with Gasteiger partial charge in [-0.15, -0.1) is 11.3 Å². The molecule has 1 aliphatic heterocycles. The second-order valence-electron chi connectivity index (χ2n) is 6.64. The number of methoxy groups -OCH3 is 1. The molecule has 0 saturated carbocycles. The fraction of sp³-hybridized carbons (Fsp3) is 0.350. The van der Waals surface area contributed by atoms with Crippen LogP contribution in [0.15, 0.2) is 36.5 Å². The number of fused-ring (bicyclic) bond motifs is 1. The van der Waals surface area contributed by atoms with Gasteiger partial charge in [-0.05, 0) is 38.0 Å². The van der Waals surface area contributed by atoms with Crippen LogP contribution in [-0.2, 0) is 0 Å². The van der Waals surface area contributed by atoms with E-state index < -0.39 is 0 Å². The van der Waals surface area contributed by atoms with Gasteiger partial charge in [-0.3, -0.25) is 9.78 Å². The molecular weight excluding hydrogens is 346 g/mol. The average Bonchev–Trinajstić information content (AvgIpc) is 3.12. The minimum Gasteiger partial charge on any atom is -0.494 e. The third-order valence-corrected chi connectivity index (χ3v) is 6.02. The molecule has 1 unspecified atom stereocenters. The van der Waals surface area contributed by atoms with Crippen LogP contribution >= 0.6 is 11.3 Å². The molecule has 26 heavy (non-hydrogen) atoms. The number of thiazole rings is 1. The number of aryl methyl sites for hydroxylation is 1. The summed E-state index contributed by atoms with van der Waals surface area (Å²) in [7, 11) is 1.57. The monoisotopic (exact) mass is 367 g/mol. The van der Waals surface area contributed by atoms with Crippen molar-refractivity contribution in [3.05, 3.63) is 52.8 Å². The molecule has 0 spiro atoms. The van der Waals surface area contributed by atoms with Crippen molar-refractivity contribution in [2.24, 2.45) is 0 Å². The molecule has 0 radical (unpaired) electrons. The van der Waals surface area contributed by atoms with Crippen LogP contribution < -0.4 is 4.74 Å². The lowest BCUT2D eigenvalue weighted by molar-refractivity contribution is 0.0703. The largest absolute Gasteiger partial charge is 0.494 e. The van der Waals surface area contributed by atoms with Gasteiger partial charge in [0, 0.05) is 24.7 Å². The number of ether oxygens (including phenoxy) is 1. The number of amides is 1. The van der Waals surface area contributed by atoms with Gasteiger partial charge in [0.15, 0.2) is 0 Å². The molecule has 1 saturated heterocycles. The smallest absolute Gasteiger partial charge is 0.257 e. The van der Waals surface area contributed by atoms with Gasteiger partial charge in [0.1, 0.15) is 5.75 Å². The van der Waals surface area contributed by atoms with E-state index in [1.807, 2.05) is 36.1 Å². The molecule has 134 valence electrons. The molecule has 6 heteroatoms. The van der Waals surface area contributed by atoms with Gasteiger partial charge in [-0.25, -0.2) is 4.98 Å². The van der Waals surface area contributed by atoms with E-state index in [0.717, 1.165) is 35.6 Å². The second-order valence-corrected chi connectivity index (χ2v) is 7.70. The number of likely N-dealkylation sites (tertiary alicyclic amines) is 1. The number of piperidine rings is 1. The first kappa shape index (κ1) is 17.0. The van der Waals surface area contributed by atoms with Crippen LogP contribution in [0.2, 0.25) is 0 Å². The standard InChI is InChI=1S/C20H21N3O2S/c1-13-10-15(17(25-2)11-21-13)20(24)23-9-5-6-14(12-23)19-22-16-7-3-4-8-18(16)26-19/h3-4,7-8,10-11,14H,5-6,9,12H2,1-2H3. The van der Waals surface area contributed by atoms with Crippen molar-refractivity contribution in [1.82, 2.24) is 14.9 Å². The highest BCUT2D eigenvalue weighted by molar-refractivity contribution is 7.18. The molecular formula is C20H21N3O2S. The van der Waals surface area contributed by atoms with E-state index >= 15 is 0 Å². The summed E-state index contributed by atoms with van der Waals surface area (Å²) in [5.41, 5.74) is 2.45. The number of hydrogen-bond acceptors (Lipinski definition) is 5. The Balaban J connectivity index is 1.58. The average molecular weight is 367 g/mol. The summed E-state index contributed by atoms with van der Waals surface area (Å²) in [5, 5.41) is 1.13. The van der Waals surface area contributed by atoms with Crippen molar-refractivity contribution in [3.8, 4) is 5.75 Å². The Bertz CT molecular complexity index is 920. The Morgan fingerprint density at radius 2 is 2.19 bits per heavy atom. The molecule has 1 amide bonds. The quantitative estimate of drug-likeness (QED) is 0.701. The first-order valence-corrected chi connectivity index (χ1v) is 9.62. The Morgan fingerprint density at radius 3 is 3.00 bits per heavy atom. The Kier molecular flexibility index (Phi) is 4.59. The van der Waals surface area contributed by atoms with Crippen LogP contribution in [0.25, 0.3) is 10.2 Å². The maximum atomic E-state index is 13.1. The molecule has 0 aliphatic carbocycles. The van der Waals surface area contributed by atoms with Gasteiger partial charge >= 0.3 is 0 Å². The fourth-order valence-corrected chi connectivity index (χ4v) is 4.57. The van der Waals surface area contributed by atoms with Crippen molar-refractivity contribution in [1.29, 1.82) is 0 Å². The summed E-state index contributed by atoms with van der Waals surface area (Å²) in [6, 6.07) is 10.0. The maximum Gasteiger partial charge on any atom is 0.257 e.